The molecule has 3 rings (SSSR count). The summed E-state index contributed by atoms with van der Waals surface area (Å²) in [5.41, 5.74) is -0.441. The van der Waals surface area contributed by atoms with Crippen LogP contribution < -0.4 is 0 Å². The van der Waals surface area contributed by atoms with Crippen LogP contribution in [0.25, 0.3) is 0 Å². The zero-order valence-electron chi connectivity index (χ0n) is 11.5. The van der Waals surface area contributed by atoms with E-state index in [9.17, 15) is 29.8 Å². The van der Waals surface area contributed by atoms with Crippen LogP contribution in [0, 0.1) is 20.2 Å². The zero-order chi connectivity index (χ0) is 16.7. The van der Waals surface area contributed by atoms with E-state index < -0.39 is 27.6 Å². The van der Waals surface area contributed by atoms with Gasteiger partial charge >= 0.3 is 6.17 Å². The normalized spacial score (nSPS) is 12.7. The summed E-state index contributed by atoms with van der Waals surface area (Å²) < 4.78 is 0. The lowest BCUT2D eigenvalue weighted by atomic mass is 9.81. The molecular formula is C15H8N2O6. The van der Waals surface area contributed by atoms with E-state index in [0.717, 1.165) is 6.07 Å². The molecule has 0 amide bonds. The first-order valence-electron chi connectivity index (χ1n) is 6.51. The second kappa shape index (κ2) is 5.09. The van der Waals surface area contributed by atoms with Crippen molar-refractivity contribution in [2.75, 3.05) is 0 Å². The molecule has 0 saturated carbocycles. The fourth-order valence-electron chi connectivity index (χ4n) is 2.69. The van der Waals surface area contributed by atoms with E-state index in [2.05, 4.69) is 0 Å². The Morgan fingerprint density at radius 3 is 1.83 bits per heavy atom. The van der Waals surface area contributed by atoms with Crippen molar-refractivity contribution in [3.05, 3.63) is 90.5 Å². The number of nitro groups is 2. The molecule has 2 aromatic carbocycles. The highest BCUT2D eigenvalue weighted by atomic mass is 16.7. The van der Waals surface area contributed by atoms with Gasteiger partial charge in [0.25, 0.3) is 0 Å². The fourth-order valence-corrected chi connectivity index (χ4v) is 2.69. The van der Waals surface area contributed by atoms with Gasteiger partial charge in [0.15, 0.2) is 11.6 Å². The molecule has 0 heterocycles. The molecular weight excluding hydrogens is 304 g/mol. The van der Waals surface area contributed by atoms with Crippen molar-refractivity contribution in [3.63, 3.8) is 0 Å². The van der Waals surface area contributed by atoms with Crippen molar-refractivity contribution in [2.24, 2.45) is 0 Å². The van der Waals surface area contributed by atoms with Crippen LogP contribution in [0.15, 0.2) is 42.5 Å². The monoisotopic (exact) mass is 312 g/mol. The van der Waals surface area contributed by atoms with Crippen LogP contribution in [0.2, 0.25) is 0 Å². The number of hydrogen-bond acceptors (Lipinski definition) is 6. The molecule has 1 aliphatic rings. The van der Waals surface area contributed by atoms with Gasteiger partial charge in [-0.2, -0.15) is 0 Å². The summed E-state index contributed by atoms with van der Waals surface area (Å²) in [6, 6.07) is 9.81. The number of rotatable bonds is 3. The van der Waals surface area contributed by atoms with E-state index in [1.165, 1.54) is 24.3 Å². The molecule has 0 aliphatic heterocycles. The van der Waals surface area contributed by atoms with Gasteiger partial charge in [0.2, 0.25) is 0 Å². The molecule has 2 aromatic rings. The van der Waals surface area contributed by atoms with Crippen LogP contribution in [-0.2, 0) is 0 Å². The average molecular weight is 312 g/mol. The van der Waals surface area contributed by atoms with Crippen LogP contribution in [0.3, 0.4) is 0 Å². The molecule has 114 valence electrons. The molecule has 1 aliphatic carbocycles. The Morgan fingerprint density at radius 2 is 1.26 bits per heavy atom. The largest absolute Gasteiger partial charge is 0.477 e. The quantitative estimate of drug-likeness (QED) is 0.414. The Balaban J connectivity index is 2.30. The van der Waals surface area contributed by atoms with E-state index in [4.69, 9.17) is 0 Å². The maximum Gasteiger partial charge on any atom is 0.477 e. The van der Waals surface area contributed by atoms with Gasteiger partial charge in [0.1, 0.15) is 15.4 Å². The zero-order valence-corrected chi connectivity index (χ0v) is 11.5. The molecule has 0 bridgehead atoms. The molecule has 8 heteroatoms. The molecule has 0 aromatic heterocycles. The summed E-state index contributed by atoms with van der Waals surface area (Å²) in [6.45, 7) is 0. The molecule has 0 fully saturated rings. The number of carbonyl (C=O) groups is 2. The highest BCUT2D eigenvalue weighted by Crippen LogP contribution is 2.33. The highest BCUT2D eigenvalue weighted by Gasteiger charge is 2.42. The van der Waals surface area contributed by atoms with Gasteiger partial charge < -0.3 is 0 Å². The molecule has 0 radical (unpaired) electrons. The van der Waals surface area contributed by atoms with Gasteiger partial charge in [-0.15, -0.1) is 0 Å². The van der Waals surface area contributed by atoms with Crippen molar-refractivity contribution < 1.29 is 19.4 Å². The highest BCUT2D eigenvalue weighted by molar-refractivity contribution is 6.28. The number of hydrogen-bond donors (Lipinski definition) is 0. The number of carbonyl (C=O) groups excluding carboxylic acids is 2. The lowest BCUT2D eigenvalue weighted by Crippen LogP contribution is -2.27. The Morgan fingerprint density at radius 1 is 0.739 bits per heavy atom. The first-order valence-corrected chi connectivity index (χ1v) is 6.51. The number of benzene rings is 2. The average Bonchev–Trinajstić information content (AvgIpc) is 2.52. The van der Waals surface area contributed by atoms with Crippen molar-refractivity contribution >= 4 is 11.6 Å². The van der Waals surface area contributed by atoms with Gasteiger partial charge in [-0.25, -0.2) is 0 Å². The lowest BCUT2D eigenvalue weighted by Gasteiger charge is -2.19. The van der Waals surface area contributed by atoms with E-state index in [1.54, 1.807) is 12.1 Å². The molecule has 0 unspecified atom stereocenters. The van der Waals surface area contributed by atoms with Gasteiger partial charge in [-0.3, -0.25) is 29.8 Å². The fraction of sp³-hybridized carbons (Fsp3) is 0.0667. The minimum Gasteiger partial charge on any atom is -0.289 e. The maximum atomic E-state index is 12.6. The molecule has 0 saturated heterocycles. The lowest BCUT2D eigenvalue weighted by molar-refractivity contribution is -0.752. The second-order valence-corrected chi connectivity index (χ2v) is 4.92. The van der Waals surface area contributed by atoms with Crippen molar-refractivity contribution in [3.8, 4) is 0 Å². The van der Waals surface area contributed by atoms with Gasteiger partial charge in [0, 0.05) is 16.7 Å². The molecule has 0 atom stereocenters. The SMILES string of the molecule is O=C1c2ccccc2C(=O)c2c1cccc2C([N+](=O)[O-])[N+](=O)[O-]. The number of nitrogens with zero attached hydrogens (tertiary/aromatic N) is 2. The molecule has 0 spiro atoms. The van der Waals surface area contributed by atoms with E-state index >= 15 is 0 Å². The van der Waals surface area contributed by atoms with E-state index in [1.807, 2.05) is 0 Å². The summed E-state index contributed by atoms with van der Waals surface area (Å²) in [7, 11) is 0. The van der Waals surface area contributed by atoms with Gasteiger partial charge in [-0.05, 0) is 6.07 Å². The first-order chi connectivity index (χ1) is 10.9. The summed E-state index contributed by atoms with van der Waals surface area (Å²) in [5, 5.41) is 22.1. The summed E-state index contributed by atoms with van der Waals surface area (Å²) in [6.07, 6.45) is -2.30. The molecule has 0 N–H and O–H groups in total. The number of ketones is 2. The summed E-state index contributed by atoms with van der Waals surface area (Å²) in [4.78, 5) is 45.0. The first kappa shape index (κ1) is 14.5. The summed E-state index contributed by atoms with van der Waals surface area (Å²) in [5.74, 6) is -1.11. The minimum atomic E-state index is -2.30. The van der Waals surface area contributed by atoms with Gasteiger partial charge in [-0.1, -0.05) is 36.4 Å². The van der Waals surface area contributed by atoms with Crippen LogP contribution >= 0.6 is 0 Å². The second-order valence-electron chi connectivity index (χ2n) is 4.92. The minimum absolute atomic E-state index is 0.0556. The molecule has 23 heavy (non-hydrogen) atoms. The van der Waals surface area contributed by atoms with Crippen molar-refractivity contribution in [1.82, 2.24) is 0 Å². The van der Waals surface area contributed by atoms with E-state index in [0.29, 0.717) is 0 Å². The standard InChI is InChI=1S/C15H8N2O6/c18-13-8-4-1-2-5-9(8)14(19)12-10(13)6-3-7-11(12)15(16(20)21)17(22)23/h1-7,15H. The van der Waals surface area contributed by atoms with Crippen LogP contribution in [0.4, 0.5) is 0 Å². The summed E-state index contributed by atoms with van der Waals surface area (Å²) >= 11 is 0. The maximum absolute atomic E-state index is 12.6. The topological polar surface area (TPSA) is 120 Å². The third-order valence-electron chi connectivity index (χ3n) is 3.66. The van der Waals surface area contributed by atoms with Crippen LogP contribution in [-0.4, -0.2) is 21.4 Å². The van der Waals surface area contributed by atoms with Crippen LogP contribution in [0.1, 0.15) is 43.6 Å². The van der Waals surface area contributed by atoms with Crippen LogP contribution in [0.5, 0.6) is 0 Å². The Kier molecular flexibility index (Phi) is 3.21. The predicted octanol–water partition coefficient (Wildman–Crippen LogP) is 2.01. The van der Waals surface area contributed by atoms with E-state index in [-0.39, 0.29) is 27.8 Å². The van der Waals surface area contributed by atoms with Gasteiger partial charge in [0.05, 0.1) is 5.56 Å². The van der Waals surface area contributed by atoms with Crippen molar-refractivity contribution in [1.29, 1.82) is 0 Å². The number of fused-ring (bicyclic) bond motifs is 2. The molecule has 8 nitrogen and oxygen atoms in total. The van der Waals surface area contributed by atoms with Crippen molar-refractivity contribution in [2.45, 2.75) is 6.17 Å². The Labute approximate surface area is 128 Å². The third kappa shape index (κ3) is 2.08. The Bertz CT molecular complexity index is 875. The predicted molar refractivity (Wildman–Crippen MR) is 76.5 cm³/mol. The third-order valence-corrected chi connectivity index (χ3v) is 3.66. The Hall–Kier alpha value is -3.42. The smallest absolute Gasteiger partial charge is 0.289 e.